The fourth-order valence-electron chi connectivity index (χ4n) is 2.58. The molecule has 0 saturated heterocycles. The minimum atomic E-state index is -0.485. The number of aromatic nitrogens is 2. The summed E-state index contributed by atoms with van der Waals surface area (Å²) >= 11 is 0. The number of hydrogen-bond acceptors (Lipinski definition) is 6. The molecule has 0 fully saturated rings. The van der Waals surface area contributed by atoms with Crippen LogP contribution >= 0.6 is 0 Å². The van der Waals surface area contributed by atoms with E-state index in [1.807, 2.05) is 0 Å². The highest BCUT2D eigenvalue weighted by Gasteiger charge is 2.12. The molecule has 0 spiro atoms. The van der Waals surface area contributed by atoms with Gasteiger partial charge in [-0.05, 0) is 36.4 Å². The van der Waals surface area contributed by atoms with Crippen LogP contribution in [0.1, 0.15) is 16.1 Å². The van der Waals surface area contributed by atoms with Crippen molar-refractivity contribution in [2.75, 3.05) is 21.3 Å². The maximum Gasteiger partial charge on any atom is 0.289 e. The van der Waals surface area contributed by atoms with Crippen LogP contribution in [0.15, 0.2) is 47.6 Å². The first-order chi connectivity index (χ1) is 14.0. The lowest BCUT2D eigenvalue weighted by Crippen LogP contribution is -2.18. The van der Waals surface area contributed by atoms with Gasteiger partial charge in [0, 0.05) is 17.2 Å². The number of ether oxygens (including phenoxy) is 3. The molecule has 0 aliphatic carbocycles. The van der Waals surface area contributed by atoms with E-state index in [0.717, 1.165) is 0 Å². The highest BCUT2D eigenvalue weighted by atomic mass is 19.1. The van der Waals surface area contributed by atoms with Crippen molar-refractivity contribution in [3.63, 3.8) is 0 Å². The van der Waals surface area contributed by atoms with Gasteiger partial charge in [0.25, 0.3) is 5.91 Å². The highest BCUT2D eigenvalue weighted by molar-refractivity contribution is 5.94. The molecule has 0 unspecified atom stereocenters. The number of carbonyl (C=O) groups excluding carboxylic acids is 1. The number of nitrogens with zero attached hydrogens (tertiary/aromatic N) is 2. The second kappa shape index (κ2) is 8.87. The Labute approximate surface area is 166 Å². The fraction of sp³-hybridized carbons (Fsp3) is 0.150. The molecule has 2 aromatic carbocycles. The average Bonchev–Trinajstić information content (AvgIpc) is 3.24. The molecule has 1 heterocycles. The molecule has 1 aromatic heterocycles. The molecule has 150 valence electrons. The predicted octanol–water partition coefficient (Wildman–Crippen LogP) is 3.01. The number of hydrazone groups is 1. The summed E-state index contributed by atoms with van der Waals surface area (Å²) in [6.45, 7) is 0. The monoisotopic (exact) mass is 398 g/mol. The van der Waals surface area contributed by atoms with Crippen molar-refractivity contribution < 1.29 is 23.4 Å². The molecule has 3 rings (SSSR count). The van der Waals surface area contributed by atoms with Crippen LogP contribution in [-0.4, -0.2) is 43.6 Å². The SMILES string of the molecule is COc1cc(OC)c(OC)cc1/C=N\NC(=O)c1cc(-c2ccc(F)cc2)n[nH]1. The third-order valence-corrected chi connectivity index (χ3v) is 4.07. The lowest BCUT2D eigenvalue weighted by Gasteiger charge is -2.11. The first-order valence-electron chi connectivity index (χ1n) is 8.50. The van der Waals surface area contributed by atoms with Crippen molar-refractivity contribution in [3.05, 3.63) is 59.5 Å². The summed E-state index contributed by atoms with van der Waals surface area (Å²) in [4.78, 5) is 12.3. The van der Waals surface area contributed by atoms with E-state index in [0.29, 0.717) is 34.1 Å². The second-order valence-corrected chi connectivity index (χ2v) is 5.82. The molecule has 9 heteroatoms. The quantitative estimate of drug-likeness (QED) is 0.471. The Morgan fingerprint density at radius 1 is 1.03 bits per heavy atom. The van der Waals surface area contributed by atoms with Gasteiger partial charge in [-0.25, -0.2) is 9.82 Å². The molecule has 0 aliphatic rings. The van der Waals surface area contributed by atoms with Gasteiger partial charge in [0.15, 0.2) is 11.5 Å². The molecule has 29 heavy (non-hydrogen) atoms. The van der Waals surface area contributed by atoms with E-state index in [1.165, 1.54) is 39.7 Å². The molecule has 3 aromatic rings. The summed E-state index contributed by atoms with van der Waals surface area (Å²) < 4.78 is 28.8. The number of methoxy groups -OCH3 is 3. The lowest BCUT2D eigenvalue weighted by atomic mass is 10.1. The molecule has 0 saturated carbocycles. The number of nitrogens with one attached hydrogen (secondary N) is 2. The number of halogens is 1. The van der Waals surface area contributed by atoms with Gasteiger partial charge in [-0.2, -0.15) is 10.2 Å². The maximum absolute atomic E-state index is 13.0. The smallest absolute Gasteiger partial charge is 0.289 e. The molecule has 0 atom stereocenters. The van der Waals surface area contributed by atoms with Crippen molar-refractivity contribution in [1.29, 1.82) is 0 Å². The molecule has 0 aliphatic heterocycles. The molecule has 8 nitrogen and oxygen atoms in total. The first kappa shape index (κ1) is 19.9. The van der Waals surface area contributed by atoms with Gasteiger partial charge in [0.05, 0.1) is 33.2 Å². The molecule has 0 radical (unpaired) electrons. The van der Waals surface area contributed by atoms with Crippen LogP contribution < -0.4 is 19.6 Å². The van der Waals surface area contributed by atoms with E-state index in [2.05, 4.69) is 20.7 Å². The third kappa shape index (κ3) is 4.52. The van der Waals surface area contributed by atoms with Crippen molar-refractivity contribution in [2.45, 2.75) is 0 Å². The predicted molar refractivity (Wildman–Crippen MR) is 105 cm³/mol. The average molecular weight is 398 g/mol. The van der Waals surface area contributed by atoms with E-state index in [-0.39, 0.29) is 11.5 Å². The van der Waals surface area contributed by atoms with Gasteiger partial charge in [-0.15, -0.1) is 0 Å². The van der Waals surface area contributed by atoms with Crippen molar-refractivity contribution in [3.8, 4) is 28.5 Å². The first-order valence-corrected chi connectivity index (χ1v) is 8.50. The lowest BCUT2D eigenvalue weighted by molar-refractivity contribution is 0.0950. The van der Waals surface area contributed by atoms with E-state index in [4.69, 9.17) is 14.2 Å². The number of benzene rings is 2. The Balaban J connectivity index is 1.72. The molecular weight excluding hydrogens is 379 g/mol. The normalized spacial score (nSPS) is 10.8. The van der Waals surface area contributed by atoms with E-state index in [9.17, 15) is 9.18 Å². The van der Waals surface area contributed by atoms with Gasteiger partial charge < -0.3 is 14.2 Å². The Hall–Kier alpha value is -3.88. The van der Waals surface area contributed by atoms with Crippen molar-refractivity contribution >= 4 is 12.1 Å². The van der Waals surface area contributed by atoms with Gasteiger partial charge in [0.2, 0.25) is 0 Å². The Kier molecular flexibility index (Phi) is 6.08. The minimum absolute atomic E-state index is 0.209. The van der Waals surface area contributed by atoms with Gasteiger partial charge in [-0.1, -0.05) is 0 Å². The van der Waals surface area contributed by atoms with Crippen LogP contribution in [0.3, 0.4) is 0 Å². The standard InChI is InChI=1S/C20H19FN4O4/c1-27-17-10-19(29-3)18(28-2)8-13(17)11-22-25-20(26)16-9-15(23-24-16)12-4-6-14(21)7-5-12/h4-11H,1-3H3,(H,23,24)(H,25,26)/b22-11-. The fourth-order valence-corrected chi connectivity index (χ4v) is 2.58. The largest absolute Gasteiger partial charge is 0.496 e. The van der Waals surface area contributed by atoms with E-state index in [1.54, 1.807) is 30.3 Å². The maximum atomic E-state index is 13.0. The number of rotatable bonds is 7. The van der Waals surface area contributed by atoms with Crippen molar-refractivity contribution in [2.24, 2.45) is 5.10 Å². The van der Waals surface area contributed by atoms with Gasteiger partial charge >= 0.3 is 0 Å². The Bertz CT molecular complexity index is 1030. The minimum Gasteiger partial charge on any atom is -0.496 e. The molecular formula is C20H19FN4O4. The number of H-pyrrole nitrogens is 1. The molecule has 1 amide bonds. The van der Waals surface area contributed by atoms with E-state index >= 15 is 0 Å². The number of amides is 1. The van der Waals surface area contributed by atoms with Crippen LogP contribution in [0.4, 0.5) is 4.39 Å². The topological polar surface area (TPSA) is 97.8 Å². The zero-order valence-corrected chi connectivity index (χ0v) is 16.0. The number of carbonyl (C=O) groups is 1. The summed E-state index contributed by atoms with van der Waals surface area (Å²) in [5.41, 5.74) is 4.40. The zero-order valence-electron chi connectivity index (χ0n) is 16.0. The molecule has 0 bridgehead atoms. The van der Waals surface area contributed by atoms with Crippen LogP contribution in [0.2, 0.25) is 0 Å². The summed E-state index contributed by atoms with van der Waals surface area (Å²) in [5, 5.41) is 10.6. The van der Waals surface area contributed by atoms with Crippen molar-refractivity contribution in [1.82, 2.24) is 15.6 Å². The van der Waals surface area contributed by atoms with Gasteiger partial charge in [-0.3, -0.25) is 9.89 Å². The summed E-state index contributed by atoms with van der Waals surface area (Å²) in [6.07, 6.45) is 1.43. The van der Waals surface area contributed by atoms with E-state index < -0.39 is 5.91 Å². The van der Waals surface area contributed by atoms with Crippen LogP contribution in [0.5, 0.6) is 17.2 Å². The summed E-state index contributed by atoms with van der Waals surface area (Å²) in [7, 11) is 4.55. The zero-order chi connectivity index (χ0) is 20.8. The Morgan fingerprint density at radius 2 is 1.69 bits per heavy atom. The number of aromatic amines is 1. The van der Waals surface area contributed by atoms with Crippen LogP contribution in [-0.2, 0) is 0 Å². The third-order valence-electron chi connectivity index (χ3n) is 4.07. The van der Waals surface area contributed by atoms with Gasteiger partial charge in [0.1, 0.15) is 17.3 Å². The summed E-state index contributed by atoms with van der Waals surface area (Å²) in [6, 6.07) is 10.7. The van der Waals surface area contributed by atoms with Crippen LogP contribution in [0, 0.1) is 5.82 Å². The summed E-state index contributed by atoms with van der Waals surface area (Å²) in [5.74, 6) is 0.680. The second-order valence-electron chi connectivity index (χ2n) is 5.82. The highest BCUT2D eigenvalue weighted by Crippen LogP contribution is 2.33. The van der Waals surface area contributed by atoms with Crippen LogP contribution in [0.25, 0.3) is 11.3 Å². The number of hydrogen-bond donors (Lipinski definition) is 2. The molecule has 2 N–H and O–H groups in total. The Morgan fingerprint density at radius 3 is 2.34 bits per heavy atom.